The van der Waals surface area contributed by atoms with E-state index in [0.29, 0.717) is 4.77 Å². The Kier molecular flexibility index (Phi) is 3.09. The van der Waals surface area contributed by atoms with Crippen LogP contribution < -0.4 is 0 Å². The van der Waals surface area contributed by atoms with Gasteiger partial charge in [-0.25, -0.2) is 4.98 Å². The number of aromatic nitrogens is 3. The largest absolute Gasteiger partial charge is 0.329 e. The number of imidazole rings is 1. The second-order valence-corrected chi connectivity index (χ2v) is 6.37. The number of thiophene rings is 1. The number of rotatable bonds is 2. The highest BCUT2D eigenvalue weighted by Gasteiger charge is 2.07. The molecule has 0 aliphatic rings. The lowest BCUT2D eigenvalue weighted by molar-refractivity contribution is 0.811. The zero-order valence-electron chi connectivity index (χ0n) is 9.61. The van der Waals surface area contributed by atoms with Gasteiger partial charge < -0.3 is 4.98 Å². The first-order chi connectivity index (χ1) is 8.63. The number of H-pyrrole nitrogens is 1. The van der Waals surface area contributed by atoms with E-state index < -0.39 is 0 Å². The predicted molar refractivity (Wildman–Crippen MR) is 80.8 cm³/mol. The monoisotopic (exact) mass is 339 g/mol. The topological polar surface area (TPSA) is 33.6 Å². The Hall–Kier alpha value is -0.980. The molecule has 3 aromatic heterocycles. The standard InChI is InChI=1S/C12H10BrN3S2/c1-7-2-3-10-11(14-7)16(12(17)15-10)5-9-4-8(13)6-18-9/h2-4,6H,5H2,1H3,(H,15,17). The Balaban J connectivity index is 2.13. The van der Waals surface area contributed by atoms with Gasteiger partial charge in [0.25, 0.3) is 0 Å². The van der Waals surface area contributed by atoms with Gasteiger partial charge in [-0.1, -0.05) is 0 Å². The number of nitrogens with one attached hydrogen (secondary N) is 1. The fourth-order valence-electron chi connectivity index (χ4n) is 1.86. The average molecular weight is 340 g/mol. The third-order valence-corrected chi connectivity index (χ3v) is 4.70. The van der Waals surface area contributed by atoms with Crippen LogP contribution >= 0.6 is 39.5 Å². The summed E-state index contributed by atoms with van der Waals surface area (Å²) in [6.45, 7) is 2.74. The highest BCUT2D eigenvalue weighted by molar-refractivity contribution is 9.10. The van der Waals surface area contributed by atoms with Gasteiger partial charge in [0.1, 0.15) is 0 Å². The van der Waals surface area contributed by atoms with Crippen LogP contribution in [0.3, 0.4) is 0 Å². The number of hydrogen-bond acceptors (Lipinski definition) is 3. The van der Waals surface area contributed by atoms with Gasteiger partial charge in [0, 0.05) is 20.4 Å². The molecule has 3 aromatic rings. The molecular formula is C12H10BrN3S2. The Bertz CT molecular complexity index is 769. The molecule has 0 radical (unpaired) electrons. The molecule has 0 unspecified atom stereocenters. The van der Waals surface area contributed by atoms with Crippen molar-refractivity contribution in [3.8, 4) is 0 Å². The average Bonchev–Trinajstić information content (AvgIpc) is 2.86. The molecule has 3 heterocycles. The smallest absolute Gasteiger partial charge is 0.179 e. The maximum atomic E-state index is 5.36. The maximum absolute atomic E-state index is 5.36. The zero-order valence-corrected chi connectivity index (χ0v) is 12.8. The Morgan fingerprint density at radius 3 is 3.06 bits per heavy atom. The van der Waals surface area contributed by atoms with E-state index in [1.54, 1.807) is 11.3 Å². The summed E-state index contributed by atoms with van der Waals surface area (Å²) < 4.78 is 3.86. The SMILES string of the molecule is Cc1ccc2[nH]c(=S)n(Cc3cc(Br)cs3)c2n1. The molecule has 1 N–H and O–H groups in total. The van der Waals surface area contributed by atoms with Gasteiger partial charge in [-0.05, 0) is 53.3 Å². The van der Waals surface area contributed by atoms with Crippen LogP contribution in [0.5, 0.6) is 0 Å². The molecule has 0 atom stereocenters. The lowest BCUT2D eigenvalue weighted by Gasteiger charge is -2.01. The van der Waals surface area contributed by atoms with Crippen LogP contribution in [0.1, 0.15) is 10.6 Å². The van der Waals surface area contributed by atoms with E-state index >= 15 is 0 Å². The van der Waals surface area contributed by atoms with Crippen LogP contribution in [-0.4, -0.2) is 14.5 Å². The minimum atomic E-state index is 0.715. The molecule has 0 bridgehead atoms. The molecule has 0 saturated carbocycles. The lowest BCUT2D eigenvalue weighted by atomic mass is 10.3. The molecule has 0 amide bonds. The third kappa shape index (κ3) is 2.15. The van der Waals surface area contributed by atoms with Crippen molar-refractivity contribution in [3.63, 3.8) is 0 Å². The van der Waals surface area contributed by atoms with Crippen molar-refractivity contribution in [2.45, 2.75) is 13.5 Å². The van der Waals surface area contributed by atoms with Gasteiger partial charge in [0.05, 0.1) is 12.1 Å². The van der Waals surface area contributed by atoms with Crippen molar-refractivity contribution >= 4 is 50.6 Å². The summed E-state index contributed by atoms with van der Waals surface area (Å²) in [7, 11) is 0. The molecule has 3 rings (SSSR count). The minimum Gasteiger partial charge on any atom is -0.329 e. The van der Waals surface area contributed by atoms with Gasteiger partial charge in [0.15, 0.2) is 10.4 Å². The lowest BCUT2D eigenvalue weighted by Crippen LogP contribution is -1.99. The van der Waals surface area contributed by atoms with Crippen LogP contribution in [0.15, 0.2) is 28.1 Å². The number of halogens is 1. The summed E-state index contributed by atoms with van der Waals surface area (Å²) in [6.07, 6.45) is 0. The summed E-state index contributed by atoms with van der Waals surface area (Å²) in [5.74, 6) is 0. The summed E-state index contributed by atoms with van der Waals surface area (Å²) in [6, 6.07) is 6.12. The Morgan fingerprint density at radius 2 is 2.33 bits per heavy atom. The molecule has 18 heavy (non-hydrogen) atoms. The fraction of sp³-hybridized carbons (Fsp3) is 0.167. The normalized spacial score (nSPS) is 11.2. The first-order valence-electron chi connectivity index (χ1n) is 5.42. The van der Waals surface area contributed by atoms with Crippen molar-refractivity contribution in [1.29, 1.82) is 0 Å². The second kappa shape index (κ2) is 4.60. The van der Waals surface area contributed by atoms with E-state index in [1.807, 2.05) is 23.6 Å². The number of fused-ring (bicyclic) bond motifs is 1. The fourth-order valence-corrected chi connectivity index (χ4v) is 3.56. The molecule has 6 heteroatoms. The summed E-state index contributed by atoms with van der Waals surface area (Å²) in [5, 5.41) is 2.08. The summed E-state index contributed by atoms with van der Waals surface area (Å²) in [4.78, 5) is 9.00. The molecule has 0 saturated heterocycles. The molecule has 0 aliphatic carbocycles. The Labute approximate surface area is 122 Å². The van der Waals surface area contributed by atoms with Crippen LogP contribution in [0, 0.1) is 11.7 Å². The second-order valence-electron chi connectivity index (χ2n) is 4.07. The van der Waals surface area contributed by atoms with Crippen LogP contribution in [0.25, 0.3) is 11.2 Å². The van der Waals surface area contributed by atoms with E-state index in [2.05, 4.69) is 37.3 Å². The Morgan fingerprint density at radius 1 is 1.50 bits per heavy atom. The first kappa shape index (κ1) is 12.1. The van der Waals surface area contributed by atoms with E-state index in [-0.39, 0.29) is 0 Å². The maximum Gasteiger partial charge on any atom is 0.179 e. The van der Waals surface area contributed by atoms with Crippen molar-refractivity contribution in [1.82, 2.24) is 14.5 Å². The van der Waals surface area contributed by atoms with Gasteiger partial charge in [0.2, 0.25) is 0 Å². The predicted octanol–water partition coefficient (Wildman–Crippen LogP) is 4.27. The number of aromatic amines is 1. The summed E-state index contributed by atoms with van der Waals surface area (Å²) >= 11 is 10.5. The van der Waals surface area contributed by atoms with Gasteiger partial charge >= 0.3 is 0 Å². The molecule has 0 aliphatic heterocycles. The molecular weight excluding hydrogens is 330 g/mol. The zero-order chi connectivity index (χ0) is 12.7. The number of aryl methyl sites for hydroxylation is 1. The highest BCUT2D eigenvalue weighted by atomic mass is 79.9. The number of hydrogen-bond donors (Lipinski definition) is 1. The van der Waals surface area contributed by atoms with E-state index in [0.717, 1.165) is 27.9 Å². The molecule has 0 spiro atoms. The molecule has 0 fully saturated rings. The van der Waals surface area contributed by atoms with Crippen LogP contribution in [0.4, 0.5) is 0 Å². The third-order valence-electron chi connectivity index (χ3n) is 2.69. The highest BCUT2D eigenvalue weighted by Crippen LogP contribution is 2.22. The van der Waals surface area contributed by atoms with E-state index in [1.165, 1.54) is 4.88 Å². The quantitative estimate of drug-likeness (QED) is 0.707. The van der Waals surface area contributed by atoms with Gasteiger partial charge in [-0.2, -0.15) is 0 Å². The number of nitrogens with zero attached hydrogens (tertiary/aromatic N) is 2. The first-order valence-corrected chi connectivity index (χ1v) is 7.50. The molecule has 92 valence electrons. The van der Waals surface area contributed by atoms with E-state index in [4.69, 9.17) is 12.2 Å². The van der Waals surface area contributed by atoms with Crippen LogP contribution in [-0.2, 0) is 6.54 Å². The van der Waals surface area contributed by atoms with Crippen molar-refractivity contribution < 1.29 is 0 Å². The molecule has 0 aromatic carbocycles. The van der Waals surface area contributed by atoms with E-state index in [9.17, 15) is 0 Å². The van der Waals surface area contributed by atoms with Gasteiger partial charge in [-0.3, -0.25) is 4.57 Å². The van der Waals surface area contributed by atoms with Gasteiger partial charge in [-0.15, -0.1) is 11.3 Å². The summed E-state index contributed by atoms with van der Waals surface area (Å²) in [5.41, 5.74) is 2.91. The van der Waals surface area contributed by atoms with Crippen molar-refractivity contribution in [2.75, 3.05) is 0 Å². The van der Waals surface area contributed by atoms with Crippen molar-refractivity contribution in [2.24, 2.45) is 0 Å². The molecule has 3 nitrogen and oxygen atoms in total. The van der Waals surface area contributed by atoms with Crippen molar-refractivity contribution in [3.05, 3.63) is 43.4 Å². The van der Waals surface area contributed by atoms with Crippen LogP contribution in [0.2, 0.25) is 0 Å². The minimum absolute atomic E-state index is 0.715. The number of pyridine rings is 1.